The van der Waals surface area contributed by atoms with Gasteiger partial charge in [0.05, 0.1) is 5.69 Å². The normalized spacial score (nSPS) is 21.6. The number of aromatic nitrogens is 2. The molecule has 1 heterocycles. The molecule has 0 spiro atoms. The number of hydrogen-bond donors (Lipinski definition) is 2. The summed E-state index contributed by atoms with van der Waals surface area (Å²) in [5, 5.41) is 7.22. The number of aromatic amines is 1. The van der Waals surface area contributed by atoms with Crippen molar-refractivity contribution >= 4 is 5.95 Å². The van der Waals surface area contributed by atoms with Crippen LogP contribution < -0.4 is 5.73 Å². The number of azide groups is 2. The molecule has 9 heteroatoms. The van der Waals surface area contributed by atoms with Gasteiger partial charge < -0.3 is 10.7 Å². The van der Waals surface area contributed by atoms with Gasteiger partial charge in [-0.2, -0.15) is 0 Å². The number of nitrogens with one attached hydrogen (secondary N) is 1. The van der Waals surface area contributed by atoms with Crippen molar-refractivity contribution < 1.29 is 0 Å². The quantitative estimate of drug-likeness (QED) is 0.474. The standard InChI is InChI=1S/C9H13N9/c10-9-15-7-1-5(3-13-17-11)6(4-14-18-12)2-8(7)16-9/h5-6H,1-4H2,(H3,10,15,16)/t5-,6-/m0/s1. The second-order valence-electron chi connectivity index (χ2n) is 4.30. The molecule has 0 saturated carbocycles. The minimum absolute atomic E-state index is 0.140. The predicted molar refractivity (Wildman–Crippen MR) is 65.4 cm³/mol. The highest BCUT2D eigenvalue weighted by Crippen LogP contribution is 2.30. The molecule has 3 N–H and O–H groups in total. The summed E-state index contributed by atoms with van der Waals surface area (Å²) >= 11 is 0. The van der Waals surface area contributed by atoms with Crippen LogP contribution in [0.2, 0.25) is 0 Å². The maximum atomic E-state index is 8.39. The Labute approximate surface area is 103 Å². The molecule has 2 atom stereocenters. The number of imidazole rings is 1. The van der Waals surface area contributed by atoms with Gasteiger partial charge in [-0.05, 0) is 35.7 Å². The van der Waals surface area contributed by atoms with Crippen LogP contribution >= 0.6 is 0 Å². The molecule has 9 nitrogen and oxygen atoms in total. The highest BCUT2D eigenvalue weighted by Gasteiger charge is 2.29. The lowest BCUT2D eigenvalue weighted by molar-refractivity contribution is 0.317. The highest BCUT2D eigenvalue weighted by atomic mass is 15.1. The number of hydrogen-bond acceptors (Lipinski definition) is 4. The van der Waals surface area contributed by atoms with Crippen molar-refractivity contribution in [1.82, 2.24) is 9.97 Å². The lowest BCUT2D eigenvalue weighted by Gasteiger charge is -2.28. The average Bonchev–Trinajstić information content (AvgIpc) is 2.72. The Balaban J connectivity index is 2.20. The Bertz CT molecular complexity index is 475. The highest BCUT2D eigenvalue weighted by molar-refractivity contribution is 5.29. The van der Waals surface area contributed by atoms with E-state index >= 15 is 0 Å². The van der Waals surface area contributed by atoms with Crippen molar-refractivity contribution in [3.8, 4) is 0 Å². The number of rotatable bonds is 4. The second kappa shape index (κ2) is 5.31. The molecule has 0 radical (unpaired) electrons. The minimum Gasteiger partial charge on any atom is -0.369 e. The summed E-state index contributed by atoms with van der Waals surface area (Å²) in [6.07, 6.45) is 1.40. The van der Waals surface area contributed by atoms with Crippen LogP contribution in [0, 0.1) is 11.8 Å². The molecule has 18 heavy (non-hydrogen) atoms. The van der Waals surface area contributed by atoms with Gasteiger partial charge in [0.15, 0.2) is 5.95 Å². The molecule has 1 aromatic heterocycles. The van der Waals surface area contributed by atoms with Crippen LogP contribution in [0.5, 0.6) is 0 Å². The van der Waals surface area contributed by atoms with Crippen molar-refractivity contribution in [2.45, 2.75) is 12.8 Å². The fourth-order valence-corrected chi connectivity index (χ4v) is 2.36. The third-order valence-electron chi connectivity index (χ3n) is 3.23. The molecule has 0 aromatic carbocycles. The molecule has 1 aliphatic carbocycles. The van der Waals surface area contributed by atoms with Gasteiger partial charge in [-0.1, -0.05) is 10.2 Å². The molecule has 2 rings (SSSR count). The largest absolute Gasteiger partial charge is 0.369 e. The van der Waals surface area contributed by atoms with E-state index in [0.29, 0.717) is 31.9 Å². The van der Waals surface area contributed by atoms with Crippen molar-refractivity contribution in [2.75, 3.05) is 18.8 Å². The Morgan fingerprint density at radius 3 is 2.44 bits per heavy atom. The van der Waals surface area contributed by atoms with E-state index in [1.54, 1.807) is 0 Å². The summed E-state index contributed by atoms with van der Waals surface area (Å²) in [6, 6.07) is 0. The third-order valence-corrected chi connectivity index (χ3v) is 3.23. The topological polar surface area (TPSA) is 152 Å². The zero-order chi connectivity index (χ0) is 13.0. The molecule has 0 fully saturated rings. The smallest absolute Gasteiger partial charge is 0.197 e. The van der Waals surface area contributed by atoms with Gasteiger partial charge in [-0.3, -0.25) is 0 Å². The molecular weight excluding hydrogens is 234 g/mol. The Morgan fingerprint density at radius 1 is 1.22 bits per heavy atom. The lowest BCUT2D eigenvalue weighted by Crippen LogP contribution is -2.29. The van der Waals surface area contributed by atoms with Crippen LogP contribution in [0.4, 0.5) is 5.95 Å². The first-order valence-corrected chi connectivity index (χ1v) is 5.59. The number of nitrogens with zero attached hydrogens (tertiary/aromatic N) is 7. The molecule has 0 saturated heterocycles. The van der Waals surface area contributed by atoms with E-state index in [4.69, 9.17) is 16.8 Å². The first-order chi connectivity index (χ1) is 8.74. The van der Waals surface area contributed by atoms with Gasteiger partial charge in [0.2, 0.25) is 0 Å². The van der Waals surface area contributed by atoms with Gasteiger partial charge in [-0.25, -0.2) is 4.98 Å². The van der Waals surface area contributed by atoms with Crippen LogP contribution in [0.15, 0.2) is 10.2 Å². The van der Waals surface area contributed by atoms with Gasteiger partial charge in [0.1, 0.15) is 0 Å². The van der Waals surface area contributed by atoms with Crippen molar-refractivity contribution in [1.29, 1.82) is 0 Å². The van der Waals surface area contributed by atoms with E-state index < -0.39 is 0 Å². The molecule has 0 unspecified atom stereocenters. The van der Waals surface area contributed by atoms with E-state index in [1.165, 1.54) is 0 Å². The van der Waals surface area contributed by atoms with Crippen LogP contribution in [-0.4, -0.2) is 23.1 Å². The molecule has 0 bridgehead atoms. The summed E-state index contributed by atoms with van der Waals surface area (Å²) in [5.74, 6) is 0.687. The number of nitrogen functional groups attached to an aromatic ring is 1. The zero-order valence-electron chi connectivity index (χ0n) is 9.69. The van der Waals surface area contributed by atoms with Crippen LogP contribution in [0.1, 0.15) is 11.4 Å². The fraction of sp³-hybridized carbons (Fsp3) is 0.667. The number of nitrogens with two attached hydrogens (primary N) is 1. The summed E-state index contributed by atoms with van der Waals surface area (Å²) in [6.45, 7) is 0.773. The number of fused-ring (bicyclic) bond motifs is 1. The van der Waals surface area contributed by atoms with Crippen LogP contribution in [0.25, 0.3) is 20.9 Å². The van der Waals surface area contributed by atoms with E-state index in [2.05, 4.69) is 30.0 Å². The van der Waals surface area contributed by atoms with Gasteiger partial charge >= 0.3 is 0 Å². The van der Waals surface area contributed by atoms with Crippen LogP contribution in [0.3, 0.4) is 0 Å². The maximum absolute atomic E-state index is 8.39. The molecule has 1 aliphatic rings. The molecule has 0 aliphatic heterocycles. The monoisotopic (exact) mass is 247 g/mol. The fourth-order valence-electron chi connectivity index (χ4n) is 2.36. The Hall–Kier alpha value is -2.37. The molecule has 1 aromatic rings. The van der Waals surface area contributed by atoms with E-state index in [9.17, 15) is 0 Å². The summed E-state index contributed by atoms with van der Waals surface area (Å²) in [4.78, 5) is 12.8. The number of H-pyrrole nitrogens is 1. The second-order valence-corrected chi connectivity index (χ2v) is 4.30. The summed E-state index contributed by atoms with van der Waals surface area (Å²) < 4.78 is 0. The Kier molecular flexibility index (Phi) is 3.57. The average molecular weight is 247 g/mol. The third kappa shape index (κ3) is 2.48. The lowest BCUT2D eigenvalue weighted by atomic mass is 9.80. The van der Waals surface area contributed by atoms with Crippen molar-refractivity contribution in [3.05, 3.63) is 32.3 Å². The summed E-state index contributed by atoms with van der Waals surface area (Å²) in [5.41, 5.74) is 24.3. The van der Waals surface area contributed by atoms with E-state index in [0.717, 1.165) is 11.4 Å². The van der Waals surface area contributed by atoms with E-state index in [-0.39, 0.29) is 11.8 Å². The molecular formula is C9H13N9. The first kappa shape index (κ1) is 12.1. The predicted octanol–water partition coefficient (Wildman–Crippen LogP) is 1.94. The van der Waals surface area contributed by atoms with Gasteiger partial charge in [0, 0.05) is 28.6 Å². The van der Waals surface area contributed by atoms with Gasteiger partial charge in [0.25, 0.3) is 0 Å². The number of anilines is 1. The minimum atomic E-state index is 0.140. The zero-order valence-corrected chi connectivity index (χ0v) is 9.69. The molecule has 0 amide bonds. The van der Waals surface area contributed by atoms with Crippen molar-refractivity contribution in [3.63, 3.8) is 0 Å². The molecule has 94 valence electrons. The van der Waals surface area contributed by atoms with Crippen molar-refractivity contribution in [2.24, 2.45) is 22.1 Å². The summed E-state index contributed by atoms with van der Waals surface area (Å²) in [7, 11) is 0. The Morgan fingerprint density at radius 2 is 1.83 bits per heavy atom. The SMILES string of the molecule is [N-]=[N+]=NC[C@@H]1Cc2nc(N)[nH]c2C[C@H]1CN=[N+]=[N-]. The first-order valence-electron chi connectivity index (χ1n) is 5.59. The maximum Gasteiger partial charge on any atom is 0.197 e. The van der Waals surface area contributed by atoms with Crippen LogP contribution in [-0.2, 0) is 12.8 Å². The van der Waals surface area contributed by atoms with Gasteiger partial charge in [-0.15, -0.1) is 0 Å². The van der Waals surface area contributed by atoms with E-state index in [1.807, 2.05) is 0 Å².